The third-order valence-electron chi connectivity index (χ3n) is 5.39. The first-order valence-corrected chi connectivity index (χ1v) is 8.46. The van der Waals surface area contributed by atoms with Crippen LogP contribution in [0.4, 0.5) is 5.69 Å². The molecular formula is C19H24N2. The summed E-state index contributed by atoms with van der Waals surface area (Å²) in [5.41, 5.74) is 5.96. The number of aromatic nitrogens is 1. The lowest BCUT2D eigenvalue weighted by Gasteiger charge is -2.21. The molecule has 2 nitrogen and oxygen atoms in total. The van der Waals surface area contributed by atoms with E-state index >= 15 is 0 Å². The highest BCUT2D eigenvalue weighted by Gasteiger charge is 2.41. The normalized spacial score (nSPS) is 19.3. The van der Waals surface area contributed by atoms with Crippen molar-refractivity contribution in [3.05, 3.63) is 35.5 Å². The van der Waals surface area contributed by atoms with E-state index in [2.05, 4.69) is 36.5 Å². The van der Waals surface area contributed by atoms with Crippen LogP contribution in [0.1, 0.15) is 50.3 Å². The van der Waals surface area contributed by atoms with Crippen molar-refractivity contribution in [3.63, 3.8) is 0 Å². The van der Waals surface area contributed by atoms with Gasteiger partial charge in [-0.2, -0.15) is 0 Å². The van der Waals surface area contributed by atoms with Gasteiger partial charge < -0.3 is 5.32 Å². The van der Waals surface area contributed by atoms with Crippen molar-refractivity contribution in [2.45, 2.75) is 51.9 Å². The third kappa shape index (κ3) is 2.12. The Balaban J connectivity index is 1.84. The standard InChI is InChI=1S/C19H24N2/c1-2-11-20-18-14-7-3-4-8-16(14)21-17-13-19(12-15(17)18)9-5-6-10-19/h3-4,7-8H,2,5-6,9-13H2,1H3,(H,20,21). The van der Waals surface area contributed by atoms with Gasteiger partial charge in [0, 0.05) is 23.3 Å². The van der Waals surface area contributed by atoms with Crippen LogP contribution in [-0.4, -0.2) is 11.5 Å². The second kappa shape index (κ2) is 5.01. The zero-order valence-corrected chi connectivity index (χ0v) is 12.9. The fourth-order valence-corrected chi connectivity index (χ4v) is 4.36. The molecule has 1 saturated carbocycles. The Kier molecular flexibility index (Phi) is 3.13. The van der Waals surface area contributed by atoms with Gasteiger partial charge in [0.1, 0.15) is 0 Å². The van der Waals surface area contributed by atoms with Gasteiger partial charge in [0.2, 0.25) is 0 Å². The lowest BCUT2D eigenvalue weighted by Crippen LogP contribution is -2.16. The molecule has 0 saturated heterocycles. The lowest BCUT2D eigenvalue weighted by atomic mass is 9.83. The van der Waals surface area contributed by atoms with E-state index in [1.54, 1.807) is 0 Å². The Morgan fingerprint density at radius 1 is 1.14 bits per heavy atom. The maximum absolute atomic E-state index is 5.00. The minimum atomic E-state index is 0.537. The summed E-state index contributed by atoms with van der Waals surface area (Å²) in [6.45, 7) is 3.28. The van der Waals surface area contributed by atoms with Gasteiger partial charge in [-0.1, -0.05) is 38.0 Å². The van der Waals surface area contributed by atoms with E-state index in [9.17, 15) is 0 Å². The summed E-state index contributed by atoms with van der Waals surface area (Å²) in [5, 5.41) is 5.01. The first kappa shape index (κ1) is 13.1. The molecule has 0 atom stereocenters. The number of pyridine rings is 1. The van der Waals surface area contributed by atoms with Crippen LogP contribution in [0.25, 0.3) is 10.9 Å². The summed E-state index contributed by atoms with van der Waals surface area (Å²) in [5.74, 6) is 0. The number of fused-ring (bicyclic) bond motifs is 2. The average molecular weight is 280 g/mol. The number of benzene rings is 1. The molecular weight excluding hydrogens is 256 g/mol. The van der Waals surface area contributed by atoms with E-state index in [4.69, 9.17) is 4.98 Å². The van der Waals surface area contributed by atoms with Gasteiger partial charge >= 0.3 is 0 Å². The maximum atomic E-state index is 5.00. The fraction of sp³-hybridized carbons (Fsp3) is 0.526. The minimum Gasteiger partial charge on any atom is -0.384 e. The van der Waals surface area contributed by atoms with Gasteiger partial charge in [-0.05, 0) is 49.1 Å². The van der Waals surface area contributed by atoms with Crippen molar-refractivity contribution in [2.75, 3.05) is 11.9 Å². The molecule has 1 N–H and O–H groups in total. The van der Waals surface area contributed by atoms with Gasteiger partial charge in [0.25, 0.3) is 0 Å². The summed E-state index contributed by atoms with van der Waals surface area (Å²) in [7, 11) is 0. The SMILES string of the molecule is CCCNc1c2c(nc3ccccc13)CC1(CCCC1)C2. The average Bonchev–Trinajstić information content (AvgIpc) is 3.10. The Bertz CT molecular complexity index is 669. The highest BCUT2D eigenvalue weighted by Crippen LogP contribution is 2.50. The Hall–Kier alpha value is -1.57. The van der Waals surface area contributed by atoms with Crippen LogP contribution in [-0.2, 0) is 12.8 Å². The highest BCUT2D eigenvalue weighted by molar-refractivity contribution is 5.93. The molecule has 0 bridgehead atoms. The van der Waals surface area contributed by atoms with Crippen LogP contribution in [0.15, 0.2) is 24.3 Å². The number of hydrogen-bond donors (Lipinski definition) is 1. The van der Waals surface area contributed by atoms with E-state index in [1.807, 2.05) is 0 Å². The molecule has 0 aliphatic heterocycles. The molecule has 0 radical (unpaired) electrons. The Morgan fingerprint density at radius 2 is 1.95 bits per heavy atom. The van der Waals surface area contributed by atoms with Gasteiger partial charge in [-0.15, -0.1) is 0 Å². The first-order valence-electron chi connectivity index (χ1n) is 8.46. The number of nitrogens with one attached hydrogen (secondary N) is 1. The van der Waals surface area contributed by atoms with Crippen molar-refractivity contribution in [1.29, 1.82) is 0 Å². The van der Waals surface area contributed by atoms with Crippen molar-refractivity contribution < 1.29 is 0 Å². The number of nitrogens with zero attached hydrogens (tertiary/aromatic N) is 1. The van der Waals surface area contributed by atoms with E-state index in [1.165, 1.54) is 60.9 Å². The van der Waals surface area contributed by atoms with Crippen LogP contribution in [0.3, 0.4) is 0 Å². The fourth-order valence-electron chi connectivity index (χ4n) is 4.36. The Morgan fingerprint density at radius 3 is 2.76 bits per heavy atom. The van der Waals surface area contributed by atoms with E-state index in [0.29, 0.717) is 5.41 Å². The molecule has 2 heteroatoms. The second-order valence-corrected chi connectivity index (χ2v) is 6.92. The van der Waals surface area contributed by atoms with Crippen LogP contribution in [0, 0.1) is 5.41 Å². The van der Waals surface area contributed by atoms with Crippen LogP contribution < -0.4 is 5.32 Å². The number of para-hydroxylation sites is 1. The largest absolute Gasteiger partial charge is 0.384 e. The molecule has 0 unspecified atom stereocenters. The molecule has 1 heterocycles. The molecule has 0 amide bonds. The van der Waals surface area contributed by atoms with Crippen molar-refractivity contribution in [3.8, 4) is 0 Å². The van der Waals surface area contributed by atoms with E-state index in [0.717, 1.165) is 18.5 Å². The lowest BCUT2D eigenvalue weighted by molar-refractivity contribution is 0.316. The monoisotopic (exact) mass is 280 g/mol. The molecule has 1 aromatic carbocycles. The molecule has 1 aromatic heterocycles. The predicted octanol–water partition coefficient (Wildman–Crippen LogP) is 4.72. The van der Waals surface area contributed by atoms with E-state index in [-0.39, 0.29) is 0 Å². The molecule has 1 fully saturated rings. The van der Waals surface area contributed by atoms with Gasteiger partial charge in [-0.25, -0.2) is 0 Å². The number of anilines is 1. The molecule has 110 valence electrons. The zero-order valence-electron chi connectivity index (χ0n) is 12.9. The van der Waals surface area contributed by atoms with Gasteiger partial charge in [0.05, 0.1) is 5.52 Å². The van der Waals surface area contributed by atoms with Crippen molar-refractivity contribution >= 4 is 16.6 Å². The highest BCUT2D eigenvalue weighted by atomic mass is 14.9. The zero-order chi connectivity index (χ0) is 14.3. The summed E-state index contributed by atoms with van der Waals surface area (Å²) >= 11 is 0. The Labute approximate surface area is 127 Å². The van der Waals surface area contributed by atoms with Crippen molar-refractivity contribution in [2.24, 2.45) is 5.41 Å². The van der Waals surface area contributed by atoms with Crippen LogP contribution >= 0.6 is 0 Å². The smallest absolute Gasteiger partial charge is 0.0726 e. The quantitative estimate of drug-likeness (QED) is 0.880. The molecule has 2 aliphatic carbocycles. The maximum Gasteiger partial charge on any atom is 0.0726 e. The third-order valence-corrected chi connectivity index (χ3v) is 5.39. The van der Waals surface area contributed by atoms with Crippen LogP contribution in [0.2, 0.25) is 0 Å². The molecule has 1 spiro atoms. The number of rotatable bonds is 3. The summed E-state index contributed by atoms with van der Waals surface area (Å²) in [6, 6.07) is 8.62. The molecule has 4 rings (SSSR count). The summed E-state index contributed by atoms with van der Waals surface area (Å²) in [4.78, 5) is 5.00. The first-order chi connectivity index (χ1) is 10.3. The van der Waals surface area contributed by atoms with E-state index < -0.39 is 0 Å². The molecule has 21 heavy (non-hydrogen) atoms. The second-order valence-electron chi connectivity index (χ2n) is 6.92. The van der Waals surface area contributed by atoms with Crippen LogP contribution in [0.5, 0.6) is 0 Å². The molecule has 2 aromatic rings. The minimum absolute atomic E-state index is 0.537. The predicted molar refractivity (Wildman–Crippen MR) is 88.8 cm³/mol. The topological polar surface area (TPSA) is 24.9 Å². The number of hydrogen-bond acceptors (Lipinski definition) is 2. The van der Waals surface area contributed by atoms with Gasteiger partial charge in [-0.3, -0.25) is 4.98 Å². The molecule has 2 aliphatic rings. The van der Waals surface area contributed by atoms with Crippen molar-refractivity contribution in [1.82, 2.24) is 4.98 Å². The van der Waals surface area contributed by atoms with Gasteiger partial charge in [0.15, 0.2) is 0 Å². The summed E-state index contributed by atoms with van der Waals surface area (Å²) < 4.78 is 0. The summed E-state index contributed by atoms with van der Waals surface area (Å²) in [6.07, 6.45) is 9.22.